The Labute approximate surface area is 143 Å². The van der Waals surface area contributed by atoms with Crippen LogP contribution in [0.4, 0.5) is 4.39 Å². The Morgan fingerprint density at radius 3 is 2.76 bits per heavy atom. The Hall–Kier alpha value is -3.21. The fourth-order valence-corrected chi connectivity index (χ4v) is 2.82. The van der Waals surface area contributed by atoms with E-state index in [1.165, 1.54) is 6.07 Å². The Bertz CT molecular complexity index is 1070. The van der Waals surface area contributed by atoms with Crippen LogP contribution in [-0.4, -0.2) is 17.1 Å². The third-order valence-electron chi connectivity index (χ3n) is 4.09. The van der Waals surface area contributed by atoms with E-state index in [1.54, 1.807) is 37.7 Å². The number of pyridine rings is 2. The Morgan fingerprint density at radius 1 is 0.960 bits per heavy atom. The first-order chi connectivity index (χ1) is 12.3. The van der Waals surface area contributed by atoms with Crippen LogP contribution in [0.2, 0.25) is 0 Å². The molecule has 5 heteroatoms. The van der Waals surface area contributed by atoms with Crippen LogP contribution in [0.5, 0.6) is 11.5 Å². The molecule has 0 saturated carbocycles. The summed E-state index contributed by atoms with van der Waals surface area (Å²) >= 11 is 0. The maximum Gasteiger partial charge on any atom is 0.132 e. The number of benzene rings is 2. The number of halogens is 1. The number of ether oxygens (including phenoxy) is 2. The summed E-state index contributed by atoms with van der Waals surface area (Å²) in [7, 11) is 1.62. The number of rotatable bonds is 4. The lowest BCUT2D eigenvalue weighted by Crippen LogP contribution is -1.99. The molecule has 0 radical (unpaired) electrons. The van der Waals surface area contributed by atoms with Gasteiger partial charge in [0, 0.05) is 34.8 Å². The highest BCUT2D eigenvalue weighted by Gasteiger charge is 2.09. The monoisotopic (exact) mass is 334 g/mol. The second-order valence-electron chi connectivity index (χ2n) is 5.59. The summed E-state index contributed by atoms with van der Waals surface area (Å²) in [6.45, 7) is 0.291. The van der Waals surface area contributed by atoms with Gasteiger partial charge in [-0.05, 0) is 36.4 Å². The molecule has 0 atom stereocenters. The van der Waals surface area contributed by atoms with E-state index in [0.29, 0.717) is 23.3 Å². The number of hydrogen-bond acceptors (Lipinski definition) is 4. The lowest BCUT2D eigenvalue weighted by Gasteiger charge is -2.11. The highest BCUT2D eigenvalue weighted by Crippen LogP contribution is 2.28. The van der Waals surface area contributed by atoms with Crippen molar-refractivity contribution in [1.29, 1.82) is 0 Å². The highest BCUT2D eigenvalue weighted by atomic mass is 19.1. The smallest absolute Gasteiger partial charge is 0.132 e. The van der Waals surface area contributed by atoms with Gasteiger partial charge >= 0.3 is 0 Å². The Kier molecular flexibility index (Phi) is 3.90. The topological polar surface area (TPSA) is 44.2 Å². The average Bonchev–Trinajstić information content (AvgIpc) is 2.67. The van der Waals surface area contributed by atoms with E-state index in [0.717, 1.165) is 22.2 Å². The molecule has 4 rings (SSSR count). The SMILES string of the molecule is COc1ccc2c(OCc3ccc(F)c4cccnc34)ccnc2c1. The molecule has 0 aliphatic carbocycles. The number of aromatic nitrogens is 2. The lowest BCUT2D eigenvalue weighted by molar-refractivity contribution is 0.311. The summed E-state index contributed by atoms with van der Waals surface area (Å²) in [6, 6.07) is 14.0. The minimum Gasteiger partial charge on any atom is -0.497 e. The average molecular weight is 334 g/mol. The van der Waals surface area contributed by atoms with Crippen LogP contribution in [0, 0.1) is 5.82 Å². The fraction of sp³-hybridized carbons (Fsp3) is 0.100. The van der Waals surface area contributed by atoms with Gasteiger partial charge in [-0.15, -0.1) is 0 Å². The van der Waals surface area contributed by atoms with Crippen molar-refractivity contribution in [3.8, 4) is 11.5 Å². The zero-order chi connectivity index (χ0) is 17.2. The molecule has 0 aliphatic heterocycles. The molecule has 0 spiro atoms. The Morgan fingerprint density at radius 2 is 1.88 bits per heavy atom. The first kappa shape index (κ1) is 15.3. The fourth-order valence-electron chi connectivity index (χ4n) is 2.82. The van der Waals surface area contributed by atoms with Crippen molar-refractivity contribution in [2.24, 2.45) is 0 Å². The molecule has 0 unspecified atom stereocenters. The van der Waals surface area contributed by atoms with Crippen molar-refractivity contribution < 1.29 is 13.9 Å². The van der Waals surface area contributed by atoms with Crippen LogP contribution >= 0.6 is 0 Å². The zero-order valence-corrected chi connectivity index (χ0v) is 13.6. The van der Waals surface area contributed by atoms with E-state index in [1.807, 2.05) is 24.3 Å². The summed E-state index contributed by atoms with van der Waals surface area (Å²) in [5.74, 6) is 1.17. The van der Waals surface area contributed by atoms with Gasteiger partial charge in [-0.3, -0.25) is 9.97 Å². The molecule has 2 aromatic heterocycles. The molecule has 4 aromatic rings. The first-order valence-electron chi connectivity index (χ1n) is 7.84. The van der Waals surface area contributed by atoms with Crippen LogP contribution in [0.1, 0.15) is 5.56 Å². The molecule has 0 bridgehead atoms. The predicted octanol–water partition coefficient (Wildman–Crippen LogP) is 4.51. The second-order valence-corrected chi connectivity index (χ2v) is 5.59. The third-order valence-corrected chi connectivity index (χ3v) is 4.09. The maximum absolute atomic E-state index is 13.9. The molecule has 0 N–H and O–H groups in total. The van der Waals surface area contributed by atoms with Gasteiger partial charge in [-0.25, -0.2) is 4.39 Å². The van der Waals surface area contributed by atoms with Crippen molar-refractivity contribution in [3.63, 3.8) is 0 Å². The van der Waals surface area contributed by atoms with Gasteiger partial charge in [0.25, 0.3) is 0 Å². The van der Waals surface area contributed by atoms with Crippen LogP contribution < -0.4 is 9.47 Å². The van der Waals surface area contributed by atoms with Crippen LogP contribution in [0.15, 0.2) is 60.9 Å². The molecule has 0 saturated heterocycles. The number of fused-ring (bicyclic) bond motifs is 2. The minimum atomic E-state index is -0.284. The summed E-state index contributed by atoms with van der Waals surface area (Å²) in [5, 5.41) is 1.38. The van der Waals surface area contributed by atoms with Crippen LogP contribution in [-0.2, 0) is 6.61 Å². The second kappa shape index (κ2) is 6.36. The van der Waals surface area contributed by atoms with Crippen molar-refractivity contribution in [1.82, 2.24) is 9.97 Å². The summed E-state index contributed by atoms with van der Waals surface area (Å²) in [4.78, 5) is 8.64. The van der Waals surface area contributed by atoms with E-state index in [4.69, 9.17) is 9.47 Å². The number of nitrogens with zero attached hydrogens (tertiary/aromatic N) is 2. The lowest BCUT2D eigenvalue weighted by atomic mass is 10.1. The van der Waals surface area contributed by atoms with Crippen molar-refractivity contribution in [2.45, 2.75) is 6.61 Å². The van der Waals surface area contributed by atoms with E-state index in [-0.39, 0.29) is 5.82 Å². The molecule has 25 heavy (non-hydrogen) atoms. The van der Waals surface area contributed by atoms with Crippen molar-refractivity contribution in [2.75, 3.05) is 7.11 Å². The van der Waals surface area contributed by atoms with Crippen molar-refractivity contribution >= 4 is 21.8 Å². The Balaban J connectivity index is 1.68. The van der Waals surface area contributed by atoms with Crippen LogP contribution in [0.3, 0.4) is 0 Å². The normalized spacial score (nSPS) is 11.0. The quantitative estimate of drug-likeness (QED) is 0.551. The molecular weight excluding hydrogens is 319 g/mol. The molecule has 0 fully saturated rings. The molecule has 2 heterocycles. The summed E-state index contributed by atoms with van der Waals surface area (Å²) in [6.07, 6.45) is 3.34. The number of hydrogen-bond donors (Lipinski definition) is 0. The largest absolute Gasteiger partial charge is 0.497 e. The van der Waals surface area contributed by atoms with E-state index < -0.39 is 0 Å². The third kappa shape index (κ3) is 2.85. The standard InChI is InChI=1S/C20H15FN2O2/c1-24-14-5-6-16-18(11-14)22-10-8-19(16)25-12-13-4-7-17(21)15-3-2-9-23-20(13)15/h2-11H,12H2,1H3. The van der Waals surface area contributed by atoms with E-state index in [2.05, 4.69) is 9.97 Å². The van der Waals surface area contributed by atoms with Crippen molar-refractivity contribution in [3.05, 3.63) is 72.3 Å². The molecular formula is C20H15FN2O2. The minimum absolute atomic E-state index is 0.284. The van der Waals surface area contributed by atoms with Crippen LogP contribution in [0.25, 0.3) is 21.8 Å². The van der Waals surface area contributed by atoms with Gasteiger partial charge in [0.05, 0.1) is 18.1 Å². The summed E-state index contributed by atoms with van der Waals surface area (Å²) < 4.78 is 25.1. The molecule has 4 nitrogen and oxygen atoms in total. The maximum atomic E-state index is 13.9. The van der Waals surface area contributed by atoms with Gasteiger partial charge in [0.2, 0.25) is 0 Å². The summed E-state index contributed by atoms with van der Waals surface area (Å²) in [5.41, 5.74) is 2.23. The highest BCUT2D eigenvalue weighted by molar-refractivity contribution is 5.86. The van der Waals surface area contributed by atoms with Gasteiger partial charge in [0.1, 0.15) is 23.9 Å². The van der Waals surface area contributed by atoms with Gasteiger partial charge < -0.3 is 9.47 Å². The molecule has 0 amide bonds. The van der Waals surface area contributed by atoms with E-state index in [9.17, 15) is 4.39 Å². The number of methoxy groups -OCH3 is 1. The zero-order valence-electron chi connectivity index (χ0n) is 13.6. The van der Waals surface area contributed by atoms with E-state index >= 15 is 0 Å². The van der Waals surface area contributed by atoms with Gasteiger partial charge in [-0.2, -0.15) is 0 Å². The first-order valence-corrected chi connectivity index (χ1v) is 7.84. The predicted molar refractivity (Wildman–Crippen MR) is 94.3 cm³/mol. The molecule has 0 aliphatic rings. The molecule has 124 valence electrons. The van der Waals surface area contributed by atoms with Gasteiger partial charge in [-0.1, -0.05) is 6.07 Å². The molecule has 2 aromatic carbocycles. The van der Waals surface area contributed by atoms with Gasteiger partial charge in [0.15, 0.2) is 0 Å².